The second-order valence-corrected chi connectivity index (χ2v) is 10.8. The summed E-state index contributed by atoms with van der Waals surface area (Å²) < 4.78 is 41.3. The summed E-state index contributed by atoms with van der Waals surface area (Å²) in [5.41, 5.74) is 1.37. The van der Waals surface area contributed by atoms with Crippen LogP contribution in [0.3, 0.4) is 0 Å². The monoisotopic (exact) mass is 577 g/mol. The molecule has 4 aromatic rings. The van der Waals surface area contributed by atoms with Gasteiger partial charge >= 0.3 is 6.18 Å². The van der Waals surface area contributed by atoms with Crippen molar-refractivity contribution in [2.24, 2.45) is 0 Å². The highest BCUT2D eigenvalue weighted by Crippen LogP contribution is 2.36. The maximum atomic E-state index is 13.8. The molecule has 0 fully saturated rings. The predicted molar refractivity (Wildman–Crippen MR) is 166 cm³/mol. The molecule has 8 heteroatoms. The highest BCUT2D eigenvalue weighted by atomic mass is 19.4. The molecule has 0 aliphatic carbocycles. The third kappa shape index (κ3) is 8.99. The lowest BCUT2D eigenvalue weighted by atomic mass is 10.0. The van der Waals surface area contributed by atoms with Crippen LogP contribution in [-0.4, -0.2) is 46.0 Å². The van der Waals surface area contributed by atoms with Crippen LogP contribution in [-0.2, 0) is 19.0 Å². The normalized spacial score (nSPS) is 11.9. The Morgan fingerprint density at radius 2 is 1.52 bits per heavy atom. The van der Waals surface area contributed by atoms with Gasteiger partial charge in [0.25, 0.3) is 0 Å². The van der Waals surface area contributed by atoms with Crippen LogP contribution in [0, 0.1) is 0 Å². The van der Waals surface area contributed by atoms with Gasteiger partial charge in [-0.3, -0.25) is 4.98 Å². The Balaban J connectivity index is 1.63. The Kier molecular flexibility index (Phi) is 11.7. The van der Waals surface area contributed by atoms with Gasteiger partial charge in [-0.25, -0.2) is 9.97 Å². The van der Waals surface area contributed by atoms with Gasteiger partial charge in [-0.2, -0.15) is 13.2 Å². The maximum Gasteiger partial charge on any atom is 0.418 e. The number of unbranched alkanes of at least 4 members (excludes halogenated alkanes) is 4. The van der Waals surface area contributed by atoms with Crippen LogP contribution in [0.15, 0.2) is 66.9 Å². The van der Waals surface area contributed by atoms with E-state index in [4.69, 9.17) is 9.97 Å². The fourth-order valence-corrected chi connectivity index (χ4v) is 5.17. The Hall–Kier alpha value is -3.52. The zero-order chi connectivity index (χ0) is 29.8. The molecular weight excluding hydrogens is 535 g/mol. The van der Waals surface area contributed by atoms with Gasteiger partial charge in [0.2, 0.25) is 0 Å². The fourth-order valence-electron chi connectivity index (χ4n) is 5.17. The number of hydrogen-bond acceptors (Lipinski definition) is 5. The lowest BCUT2D eigenvalue weighted by Gasteiger charge is -2.22. The van der Waals surface area contributed by atoms with Crippen molar-refractivity contribution >= 4 is 16.7 Å². The van der Waals surface area contributed by atoms with E-state index in [1.165, 1.54) is 56.4 Å². The molecule has 1 N–H and O–H groups in total. The summed E-state index contributed by atoms with van der Waals surface area (Å²) in [6.45, 7) is 8.06. The number of benzene rings is 2. The van der Waals surface area contributed by atoms with E-state index in [2.05, 4.69) is 41.2 Å². The van der Waals surface area contributed by atoms with Gasteiger partial charge < -0.3 is 10.2 Å². The van der Waals surface area contributed by atoms with E-state index in [1.807, 2.05) is 18.2 Å². The Morgan fingerprint density at radius 1 is 0.786 bits per heavy atom. The average Bonchev–Trinajstić information content (AvgIpc) is 2.99. The highest BCUT2D eigenvalue weighted by molar-refractivity contribution is 5.92. The number of aromatic nitrogens is 3. The Bertz CT molecular complexity index is 1380. The summed E-state index contributed by atoms with van der Waals surface area (Å²) in [6, 6.07) is 17.8. The SMILES string of the molecule is CCCCCN(CCCCC)CCc1nc(NCCc2ccccc2)c2ccc(-c3ncccc3C(F)(F)F)cc2n1. The topological polar surface area (TPSA) is 53.9 Å². The van der Waals surface area contributed by atoms with Crippen molar-refractivity contribution in [2.45, 2.75) is 71.4 Å². The summed E-state index contributed by atoms with van der Waals surface area (Å²) in [4.78, 5) is 16.4. The molecule has 0 unspecified atom stereocenters. The van der Waals surface area contributed by atoms with E-state index < -0.39 is 11.7 Å². The summed E-state index contributed by atoms with van der Waals surface area (Å²) in [5.74, 6) is 1.40. The van der Waals surface area contributed by atoms with Crippen molar-refractivity contribution in [1.29, 1.82) is 0 Å². The lowest BCUT2D eigenvalue weighted by molar-refractivity contribution is -0.137. The molecule has 2 aromatic carbocycles. The quantitative estimate of drug-likeness (QED) is 0.135. The first-order chi connectivity index (χ1) is 20.4. The second-order valence-electron chi connectivity index (χ2n) is 10.8. The molecule has 0 bridgehead atoms. The molecule has 2 aromatic heterocycles. The molecule has 0 atom stereocenters. The van der Waals surface area contributed by atoms with Gasteiger partial charge in [0.1, 0.15) is 11.6 Å². The van der Waals surface area contributed by atoms with Crippen molar-refractivity contribution in [3.8, 4) is 11.3 Å². The van der Waals surface area contributed by atoms with Gasteiger partial charge in [0, 0.05) is 36.7 Å². The third-order valence-electron chi connectivity index (χ3n) is 7.49. The number of halogens is 3. The van der Waals surface area contributed by atoms with Gasteiger partial charge in [-0.15, -0.1) is 0 Å². The van der Waals surface area contributed by atoms with Gasteiger partial charge in [-0.05, 0) is 62.2 Å². The summed E-state index contributed by atoms with van der Waals surface area (Å²) in [6.07, 6.45) is 5.51. The summed E-state index contributed by atoms with van der Waals surface area (Å²) in [7, 11) is 0. The van der Waals surface area contributed by atoms with Crippen molar-refractivity contribution in [3.05, 3.63) is 83.8 Å². The van der Waals surface area contributed by atoms with Crippen LogP contribution >= 0.6 is 0 Å². The Labute approximate surface area is 247 Å². The molecule has 5 nitrogen and oxygen atoms in total. The molecule has 224 valence electrons. The minimum Gasteiger partial charge on any atom is -0.369 e. The van der Waals surface area contributed by atoms with Crippen molar-refractivity contribution < 1.29 is 13.2 Å². The Morgan fingerprint density at radius 3 is 2.21 bits per heavy atom. The number of alkyl halides is 3. The molecule has 0 spiro atoms. The summed E-state index contributed by atoms with van der Waals surface area (Å²) in [5, 5.41) is 4.26. The van der Waals surface area contributed by atoms with Crippen LogP contribution in [0.2, 0.25) is 0 Å². The third-order valence-corrected chi connectivity index (χ3v) is 7.49. The number of rotatable bonds is 16. The maximum absolute atomic E-state index is 13.8. The first-order valence-corrected chi connectivity index (χ1v) is 15.2. The van der Waals surface area contributed by atoms with Crippen molar-refractivity contribution in [3.63, 3.8) is 0 Å². The van der Waals surface area contributed by atoms with Gasteiger partial charge in [0.05, 0.1) is 16.8 Å². The largest absolute Gasteiger partial charge is 0.418 e. The van der Waals surface area contributed by atoms with Crippen molar-refractivity contribution in [1.82, 2.24) is 19.9 Å². The smallest absolute Gasteiger partial charge is 0.369 e. The molecule has 4 rings (SSSR count). The molecule has 42 heavy (non-hydrogen) atoms. The van der Waals surface area contributed by atoms with E-state index in [1.54, 1.807) is 18.2 Å². The standard InChI is InChI=1S/C34H42F3N5/c1-3-5-10-22-42(23-11-6-4-2)24-19-31-40-30-25-27(32-29(34(35,36)37)15-12-20-38-32)16-17-28(30)33(41-31)39-21-18-26-13-8-7-9-14-26/h7-9,12-17,20,25H,3-6,10-11,18-19,21-24H2,1-2H3,(H,39,40,41). The zero-order valence-corrected chi connectivity index (χ0v) is 24.8. The molecule has 0 aliphatic heterocycles. The number of fused-ring (bicyclic) bond motifs is 1. The van der Waals surface area contributed by atoms with Crippen LogP contribution in [0.5, 0.6) is 0 Å². The number of hydrogen-bond donors (Lipinski definition) is 1. The van der Waals surface area contributed by atoms with Crippen molar-refractivity contribution in [2.75, 3.05) is 31.5 Å². The number of nitrogens with zero attached hydrogens (tertiary/aromatic N) is 4. The summed E-state index contributed by atoms with van der Waals surface area (Å²) >= 11 is 0. The van der Waals surface area contributed by atoms with Crippen LogP contribution in [0.1, 0.15) is 69.3 Å². The average molecular weight is 578 g/mol. The van der Waals surface area contributed by atoms with Crippen LogP contribution in [0.25, 0.3) is 22.2 Å². The first-order valence-electron chi connectivity index (χ1n) is 15.2. The van der Waals surface area contributed by atoms with Gasteiger partial charge in [-0.1, -0.05) is 75.9 Å². The molecule has 0 saturated carbocycles. The first kappa shape index (κ1) is 31.4. The van der Waals surface area contributed by atoms with E-state index in [9.17, 15) is 13.2 Å². The molecule has 0 saturated heterocycles. The van der Waals surface area contributed by atoms with E-state index in [0.717, 1.165) is 37.5 Å². The zero-order valence-electron chi connectivity index (χ0n) is 24.8. The number of pyridine rings is 1. The lowest BCUT2D eigenvalue weighted by Crippen LogP contribution is -2.29. The highest BCUT2D eigenvalue weighted by Gasteiger charge is 2.34. The number of nitrogens with one attached hydrogen (secondary N) is 1. The molecule has 0 aliphatic rings. The fraction of sp³-hybridized carbons (Fsp3) is 0.441. The molecule has 0 amide bonds. The second kappa shape index (κ2) is 15.6. The number of anilines is 1. The van der Waals surface area contributed by atoms with Crippen LogP contribution in [0.4, 0.5) is 19.0 Å². The van der Waals surface area contributed by atoms with E-state index in [-0.39, 0.29) is 5.69 Å². The van der Waals surface area contributed by atoms with Gasteiger partial charge in [0.15, 0.2) is 0 Å². The predicted octanol–water partition coefficient (Wildman–Crippen LogP) is 8.59. The molecular formula is C34H42F3N5. The van der Waals surface area contributed by atoms with E-state index in [0.29, 0.717) is 35.7 Å². The minimum absolute atomic E-state index is 0.0938. The molecule has 2 heterocycles. The van der Waals surface area contributed by atoms with E-state index >= 15 is 0 Å². The minimum atomic E-state index is -4.50. The molecule has 0 radical (unpaired) electrons. The van der Waals surface area contributed by atoms with Crippen LogP contribution < -0.4 is 5.32 Å².